The highest BCUT2D eigenvalue weighted by atomic mass is 19.4. The van der Waals surface area contributed by atoms with Gasteiger partial charge in [-0.25, -0.2) is 4.99 Å². The summed E-state index contributed by atoms with van der Waals surface area (Å²) >= 11 is 0. The number of nitrogens with zero attached hydrogens (tertiary/aromatic N) is 1. The van der Waals surface area contributed by atoms with Crippen molar-refractivity contribution in [1.29, 1.82) is 0 Å². The molecule has 0 saturated heterocycles. The average Bonchev–Trinajstić information content (AvgIpc) is 2.97. The van der Waals surface area contributed by atoms with Gasteiger partial charge >= 0.3 is 6.18 Å². The molecule has 1 aliphatic rings. The molecule has 2 rings (SSSR count). The van der Waals surface area contributed by atoms with E-state index in [1.165, 1.54) is 25.0 Å². The highest BCUT2D eigenvalue weighted by Gasteiger charge is 2.29. The Bertz CT molecular complexity index is 488. The lowest BCUT2D eigenvalue weighted by molar-refractivity contribution is -0.137. The first-order valence-electron chi connectivity index (χ1n) is 7.70. The summed E-state index contributed by atoms with van der Waals surface area (Å²) in [6.45, 7) is 3.11. The number of hydrogen-bond acceptors (Lipinski definition) is 1. The van der Waals surface area contributed by atoms with Crippen molar-refractivity contribution in [3.63, 3.8) is 0 Å². The Balaban J connectivity index is 1.97. The number of aliphatic imine (C=N–C) groups is 1. The highest BCUT2D eigenvalue weighted by Crippen LogP contribution is 2.29. The van der Waals surface area contributed by atoms with Gasteiger partial charge in [-0.05, 0) is 37.5 Å². The smallest absolute Gasteiger partial charge is 0.357 e. The third-order valence-electron chi connectivity index (χ3n) is 3.74. The number of rotatable bonds is 4. The van der Waals surface area contributed by atoms with Gasteiger partial charge in [-0.3, -0.25) is 0 Å². The summed E-state index contributed by atoms with van der Waals surface area (Å²) in [5.41, 5.74) is 0.132. The molecule has 0 spiro atoms. The Kier molecular flexibility index (Phi) is 5.69. The second-order valence-electron chi connectivity index (χ2n) is 5.52. The van der Waals surface area contributed by atoms with E-state index in [0.717, 1.165) is 43.0 Å². The van der Waals surface area contributed by atoms with Crippen molar-refractivity contribution in [3.8, 4) is 0 Å². The number of guanidine groups is 1. The Morgan fingerprint density at radius 2 is 1.82 bits per heavy atom. The summed E-state index contributed by atoms with van der Waals surface area (Å²) in [6, 6.07) is 5.60. The third-order valence-corrected chi connectivity index (χ3v) is 3.74. The normalized spacial score (nSPS) is 16.8. The first-order chi connectivity index (χ1) is 10.5. The predicted octanol–water partition coefficient (Wildman–Crippen LogP) is 3.70. The molecule has 2 N–H and O–H groups in total. The Morgan fingerprint density at radius 1 is 1.18 bits per heavy atom. The molecule has 1 fully saturated rings. The van der Waals surface area contributed by atoms with Crippen molar-refractivity contribution in [1.82, 2.24) is 10.6 Å². The van der Waals surface area contributed by atoms with Crippen LogP contribution in [0, 0.1) is 0 Å². The van der Waals surface area contributed by atoms with Gasteiger partial charge in [0.25, 0.3) is 0 Å². The van der Waals surface area contributed by atoms with E-state index in [9.17, 15) is 13.2 Å². The molecular formula is C16H22F3N3. The monoisotopic (exact) mass is 313 g/mol. The van der Waals surface area contributed by atoms with E-state index in [1.54, 1.807) is 0 Å². The van der Waals surface area contributed by atoms with Gasteiger partial charge in [0, 0.05) is 12.6 Å². The SMILES string of the molecule is CCNC(=NCc1ccc(C(F)(F)F)cc1)NC1CCCC1. The first kappa shape index (κ1) is 16.6. The lowest BCUT2D eigenvalue weighted by Gasteiger charge is -2.16. The van der Waals surface area contributed by atoms with E-state index >= 15 is 0 Å². The largest absolute Gasteiger partial charge is 0.416 e. The van der Waals surface area contributed by atoms with Crippen molar-refractivity contribution >= 4 is 5.96 Å². The molecule has 0 radical (unpaired) electrons. The number of hydrogen-bond donors (Lipinski definition) is 2. The lowest BCUT2D eigenvalue weighted by Crippen LogP contribution is -2.42. The minimum absolute atomic E-state index is 0.361. The Labute approximate surface area is 129 Å². The van der Waals surface area contributed by atoms with E-state index < -0.39 is 11.7 Å². The molecule has 0 aliphatic heterocycles. The van der Waals surface area contributed by atoms with Crippen LogP contribution in [0.5, 0.6) is 0 Å². The molecule has 3 nitrogen and oxygen atoms in total. The van der Waals surface area contributed by atoms with Crippen molar-refractivity contribution < 1.29 is 13.2 Å². The highest BCUT2D eigenvalue weighted by molar-refractivity contribution is 5.80. The fourth-order valence-corrected chi connectivity index (χ4v) is 2.55. The fourth-order valence-electron chi connectivity index (χ4n) is 2.55. The zero-order valence-electron chi connectivity index (χ0n) is 12.7. The van der Waals surface area contributed by atoms with Crippen molar-refractivity contribution in [2.24, 2.45) is 4.99 Å². The zero-order valence-corrected chi connectivity index (χ0v) is 12.7. The number of nitrogens with one attached hydrogen (secondary N) is 2. The first-order valence-corrected chi connectivity index (χ1v) is 7.70. The Hall–Kier alpha value is -1.72. The molecule has 0 unspecified atom stereocenters. The molecule has 0 heterocycles. The van der Waals surface area contributed by atoms with Gasteiger partial charge in [0.2, 0.25) is 0 Å². The lowest BCUT2D eigenvalue weighted by atomic mass is 10.1. The van der Waals surface area contributed by atoms with E-state index in [0.29, 0.717) is 12.6 Å². The average molecular weight is 313 g/mol. The maximum atomic E-state index is 12.5. The third kappa shape index (κ3) is 4.93. The van der Waals surface area contributed by atoms with Crippen molar-refractivity contribution in [2.45, 2.75) is 51.4 Å². The second-order valence-corrected chi connectivity index (χ2v) is 5.52. The zero-order chi connectivity index (χ0) is 16.0. The standard InChI is InChI=1S/C16H22F3N3/c1-2-20-15(22-14-5-3-4-6-14)21-11-12-7-9-13(10-8-12)16(17,18)19/h7-10,14H,2-6,11H2,1H3,(H2,20,21,22). The molecule has 6 heteroatoms. The molecule has 0 aromatic heterocycles. The van der Waals surface area contributed by atoms with Crippen LogP contribution in [-0.4, -0.2) is 18.5 Å². The summed E-state index contributed by atoms with van der Waals surface area (Å²) in [5.74, 6) is 0.731. The van der Waals surface area contributed by atoms with Crippen LogP contribution in [0.1, 0.15) is 43.7 Å². The van der Waals surface area contributed by atoms with Crippen LogP contribution in [0.3, 0.4) is 0 Å². The van der Waals surface area contributed by atoms with Crippen molar-refractivity contribution in [3.05, 3.63) is 35.4 Å². The predicted molar refractivity (Wildman–Crippen MR) is 81.7 cm³/mol. The minimum Gasteiger partial charge on any atom is -0.357 e. The Morgan fingerprint density at radius 3 is 2.36 bits per heavy atom. The number of benzene rings is 1. The topological polar surface area (TPSA) is 36.4 Å². The fraction of sp³-hybridized carbons (Fsp3) is 0.562. The van der Waals surface area contributed by atoms with E-state index in [4.69, 9.17) is 0 Å². The van der Waals surface area contributed by atoms with Gasteiger partial charge in [0.1, 0.15) is 0 Å². The van der Waals surface area contributed by atoms with Crippen LogP contribution in [0.2, 0.25) is 0 Å². The maximum Gasteiger partial charge on any atom is 0.416 e. The van der Waals surface area contributed by atoms with E-state index in [2.05, 4.69) is 15.6 Å². The van der Waals surface area contributed by atoms with Gasteiger partial charge < -0.3 is 10.6 Å². The molecule has 22 heavy (non-hydrogen) atoms. The van der Waals surface area contributed by atoms with Crippen LogP contribution in [0.25, 0.3) is 0 Å². The van der Waals surface area contributed by atoms with Crippen molar-refractivity contribution in [2.75, 3.05) is 6.54 Å². The quantitative estimate of drug-likeness (QED) is 0.657. The molecule has 0 atom stereocenters. The van der Waals surface area contributed by atoms with Gasteiger partial charge in [0.15, 0.2) is 5.96 Å². The second kappa shape index (κ2) is 7.51. The summed E-state index contributed by atoms with van der Waals surface area (Å²) in [4.78, 5) is 4.45. The van der Waals surface area contributed by atoms with Crippen LogP contribution >= 0.6 is 0 Å². The van der Waals surface area contributed by atoms with Crippen LogP contribution < -0.4 is 10.6 Å². The molecular weight excluding hydrogens is 291 g/mol. The molecule has 122 valence electrons. The molecule has 1 aliphatic carbocycles. The summed E-state index contributed by atoms with van der Waals surface area (Å²) in [7, 11) is 0. The summed E-state index contributed by atoms with van der Waals surface area (Å²) < 4.78 is 37.5. The van der Waals surface area contributed by atoms with Gasteiger partial charge in [-0.2, -0.15) is 13.2 Å². The van der Waals surface area contributed by atoms with Crippen LogP contribution in [-0.2, 0) is 12.7 Å². The van der Waals surface area contributed by atoms with Gasteiger partial charge in [0.05, 0.1) is 12.1 Å². The molecule has 1 saturated carbocycles. The van der Waals surface area contributed by atoms with E-state index in [-0.39, 0.29) is 0 Å². The number of halogens is 3. The number of alkyl halides is 3. The summed E-state index contributed by atoms with van der Waals surface area (Å²) in [5, 5.41) is 6.56. The minimum atomic E-state index is -4.29. The van der Waals surface area contributed by atoms with Gasteiger partial charge in [-0.1, -0.05) is 25.0 Å². The maximum absolute atomic E-state index is 12.5. The molecule has 0 amide bonds. The van der Waals surface area contributed by atoms with Crippen LogP contribution in [0.15, 0.2) is 29.3 Å². The van der Waals surface area contributed by atoms with Crippen LogP contribution in [0.4, 0.5) is 13.2 Å². The summed E-state index contributed by atoms with van der Waals surface area (Å²) in [6.07, 6.45) is 0.460. The molecule has 1 aromatic rings. The van der Waals surface area contributed by atoms with Gasteiger partial charge in [-0.15, -0.1) is 0 Å². The molecule has 1 aromatic carbocycles. The molecule has 0 bridgehead atoms. The van der Waals surface area contributed by atoms with E-state index in [1.807, 2.05) is 6.92 Å².